The molecule has 0 bridgehead atoms. The topological polar surface area (TPSA) is 38.3 Å². The number of nitrogens with one attached hydrogen (secondary N) is 1. The molecule has 5 heteroatoms. The van der Waals surface area contributed by atoms with Crippen LogP contribution >= 0.6 is 23.2 Å². The SMILES string of the molecule is CCc1c(C)c(Cl)c(C)c(Cl)c1NC(C)Cc1ccc(OC(C)=O)cc1. The first-order chi connectivity index (χ1) is 12.2. The molecule has 3 nitrogen and oxygen atoms in total. The number of rotatable bonds is 6. The lowest BCUT2D eigenvalue weighted by atomic mass is 9.99. The van der Waals surface area contributed by atoms with Crippen LogP contribution in [0.1, 0.15) is 43.0 Å². The van der Waals surface area contributed by atoms with Crippen LogP contribution in [-0.4, -0.2) is 12.0 Å². The summed E-state index contributed by atoms with van der Waals surface area (Å²) < 4.78 is 5.07. The van der Waals surface area contributed by atoms with Crippen molar-refractivity contribution in [1.82, 2.24) is 0 Å². The van der Waals surface area contributed by atoms with Crippen molar-refractivity contribution in [3.8, 4) is 5.75 Å². The van der Waals surface area contributed by atoms with Gasteiger partial charge in [-0.3, -0.25) is 4.79 Å². The Morgan fingerprint density at radius 3 is 2.27 bits per heavy atom. The van der Waals surface area contributed by atoms with E-state index in [-0.39, 0.29) is 12.0 Å². The minimum atomic E-state index is -0.317. The van der Waals surface area contributed by atoms with Gasteiger partial charge in [-0.25, -0.2) is 0 Å². The number of esters is 1. The number of carbonyl (C=O) groups is 1. The van der Waals surface area contributed by atoms with Crippen LogP contribution in [-0.2, 0) is 17.6 Å². The van der Waals surface area contributed by atoms with Gasteiger partial charge in [0.2, 0.25) is 0 Å². The van der Waals surface area contributed by atoms with Gasteiger partial charge >= 0.3 is 5.97 Å². The summed E-state index contributed by atoms with van der Waals surface area (Å²) in [6.07, 6.45) is 1.68. The average molecular weight is 394 g/mol. The van der Waals surface area contributed by atoms with Crippen molar-refractivity contribution >= 4 is 34.9 Å². The van der Waals surface area contributed by atoms with E-state index in [2.05, 4.69) is 19.2 Å². The first-order valence-corrected chi connectivity index (χ1v) is 9.51. The summed E-state index contributed by atoms with van der Waals surface area (Å²) in [5.74, 6) is 0.241. The minimum absolute atomic E-state index is 0.178. The quantitative estimate of drug-likeness (QED) is 0.472. The summed E-state index contributed by atoms with van der Waals surface area (Å²) in [5, 5.41) is 4.99. The number of carbonyl (C=O) groups excluding carboxylic acids is 1. The lowest BCUT2D eigenvalue weighted by molar-refractivity contribution is -0.131. The van der Waals surface area contributed by atoms with Crippen molar-refractivity contribution in [2.24, 2.45) is 0 Å². The molecule has 0 spiro atoms. The molecule has 1 N–H and O–H groups in total. The van der Waals surface area contributed by atoms with Gasteiger partial charge in [0.25, 0.3) is 0 Å². The smallest absolute Gasteiger partial charge is 0.308 e. The summed E-state index contributed by atoms with van der Waals surface area (Å²) in [7, 11) is 0. The van der Waals surface area contributed by atoms with Crippen LogP contribution in [0.15, 0.2) is 24.3 Å². The average Bonchev–Trinajstić information content (AvgIpc) is 2.59. The molecule has 0 fully saturated rings. The lowest BCUT2D eigenvalue weighted by Crippen LogP contribution is -2.20. The highest BCUT2D eigenvalue weighted by atomic mass is 35.5. The predicted molar refractivity (Wildman–Crippen MR) is 110 cm³/mol. The van der Waals surface area contributed by atoms with Crippen molar-refractivity contribution in [2.45, 2.75) is 53.5 Å². The number of ether oxygens (including phenoxy) is 1. The Morgan fingerprint density at radius 2 is 1.73 bits per heavy atom. The highest BCUT2D eigenvalue weighted by Crippen LogP contribution is 2.38. The van der Waals surface area contributed by atoms with Gasteiger partial charge in [0.15, 0.2) is 0 Å². The van der Waals surface area contributed by atoms with Gasteiger partial charge in [-0.05, 0) is 68.0 Å². The zero-order valence-electron chi connectivity index (χ0n) is 15.9. The molecule has 0 aliphatic rings. The van der Waals surface area contributed by atoms with Gasteiger partial charge in [0, 0.05) is 18.0 Å². The van der Waals surface area contributed by atoms with Crippen molar-refractivity contribution in [3.05, 3.63) is 56.6 Å². The molecule has 0 saturated carbocycles. The Labute approximate surface area is 165 Å². The van der Waals surface area contributed by atoms with E-state index < -0.39 is 0 Å². The van der Waals surface area contributed by atoms with Gasteiger partial charge < -0.3 is 10.1 Å². The summed E-state index contributed by atoms with van der Waals surface area (Å²) in [6.45, 7) is 9.60. The number of benzene rings is 2. The minimum Gasteiger partial charge on any atom is -0.427 e. The molecule has 0 aliphatic heterocycles. The van der Waals surface area contributed by atoms with Gasteiger partial charge in [-0.1, -0.05) is 42.3 Å². The van der Waals surface area contributed by atoms with Gasteiger partial charge in [0.05, 0.1) is 10.7 Å². The molecule has 26 heavy (non-hydrogen) atoms. The molecule has 140 valence electrons. The van der Waals surface area contributed by atoms with E-state index in [1.54, 1.807) is 0 Å². The number of hydrogen-bond donors (Lipinski definition) is 1. The molecule has 0 heterocycles. The van der Waals surface area contributed by atoms with Crippen molar-refractivity contribution in [1.29, 1.82) is 0 Å². The zero-order chi connectivity index (χ0) is 19.4. The maximum Gasteiger partial charge on any atom is 0.308 e. The summed E-state index contributed by atoms with van der Waals surface area (Å²) in [4.78, 5) is 11.0. The predicted octanol–water partition coefficient (Wildman–Crippen LogP) is 6.14. The van der Waals surface area contributed by atoms with E-state index in [1.165, 1.54) is 6.92 Å². The van der Waals surface area contributed by atoms with Crippen LogP contribution < -0.4 is 10.1 Å². The monoisotopic (exact) mass is 393 g/mol. The van der Waals surface area contributed by atoms with Crippen molar-refractivity contribution in [2.75, 3.05) is 5.32 Å². The van der Waals surface area contributed by atoms with Crippen LogP contribution in [0.3, 0.4) is 0 Å². The number of halogens is 2. The Morgan fingerprint density at radius 1 is 1.12 bits per heavy atom. The fourth-order valence-corrected chi connectivity index (χ4v) is 3.64. The second kappa shape index (κ2) is 8.79. The summed E-state index contributed by atoms with van der Waals surface area (Å²) in [5.41, 5.74) is 5.26. The Hall–Kier alpha value is -1.71. The molecule has 2 aromatic carbocycles. The van der Waals surface area contributed by atoms with Gasteiger partial charge in [-0.2, -0.15) is 0 Å². The third-order valence-electron chi connectivity index (χ3n) is 4.43. The number of hydrogen-bond acceptors (Lipinski definition) is 3. The van der Waals surface area contributed by atoms with E-state index in [9.17, 15) is 4.79 Å². The molecule has 0 saturated heterocycles. The molecule has 1 atom stereocenters. The number of anilines is 1. The van der Waals surface area contributed by atoms with Crippen LogP contribution in [0.5, 0.6) is 5.75 Å². The Balaban J connectivity index is 2.17. The third-order valence-corrected chi connectivity index (χ3v) is 5.47. The van der Waals surface area contributed by atoms with E-state index in [0.29, 0.717) is 10.8 Å². The van der Waals surface area contributed by atoms with Crippen LogP contribution in [0.25, 0.3) is 0 Å². The first-order valence-electron chi connectivity index (χ1n) is 8.75. The molecule has 2 rings (SSSR count). The van der Waals surface area contributed by atoms with Crippen molar-refractivity contribution in [3.63, 3.8) is 0 Å². The highest BCUT2D eigenvalue weighted by molar-refractivity contribution is 6.38. The van der Waals surface area contributed by atoms with Crippen LogP contribution in [0, 0.1) is 13.8 Å². The van der Waals surface area contributed by atoms with E-state index in [1.807, 2.05) is 38.1 Å². The maximum atomic E-state index is 11.0. The molecule has 0 amide bonds. The van der Waals surface area contributed by atoms with Gasteiger partial charge in [0.1, 0.15) is 5.75 Å². The maximum absolute atomic E-state index is 11.0. The van der Waals surface area contributed by atoms with Gasteiger partial charge in [-0.15, -0.1) is 0 Å². The zero-order valence-corrected chi connectivity index (χ0v) is 17.4. The first kappa shape index (κ1) is 20.6. The molecular weight excluding hydrogens is 369 g/mol. The molecule has 1 unspecified atom stereocenters. The van der Waals surface area contributed by atoms with E-state index in [0.717, 1.165) is 45.8 Å². The fraction of sp³-hybridized carbons (Fsp3) is 0.381. The van der Waals surface area contributed by atoms with Crippen LogP contribution in [0.2, 0.25) is 10.0 Å². The molecule has 0 radical (unpaired) electrons. The second-order valence-electron chi connectivity index (χ2n) is 6.57. The largest absolute Gasteiger partial charge is 0.427 e. The van der Waals surface area contributed by atoms with E-state index >= 15 is 0 Å². The summed E-state index contributed by atoms with van der Waals surface area (Å²) in [6, 6.07) is 7.74. The lowest BCUT2D eigenvalue weighted by Gasteiger charge is -2.23. The molecular formula is C21H25Cl2NO2. The third kappa shape index (κ3) is 4.72. The highest BCUT2D eigenvalue weighted by Gasteiger charge is 2.18. The van der Waals surface area contributed by atoms with Crippen molar-refractivity contribution < 1.29 is 9.53 Å². The van der Waals surface area contributed by atoms with E-state index in [4.69, 9.17) is 27.9 Å². The second-order valence-corrected chi connectivity index (χ2v) is 7.33. The normalized spacial score (nSPS) is 12.0. The molecule has 0 aliphatic carbocycles. The summed E-state index contributed by atoms with van der Waals surface area (Å²) >= 11 is 13.0. The molecule has 2 aromatic rings. The molecule has 0 aromatic heterocycles. The fourth-order valence-electron chi connectivity index (χ4n) is 3.12. The Bertz CT molecular complexity index is 801. The van der Waals surface area contributed by atoms with Crippen LogP contribution in [0.4, 0.5) is 5.69 Å². The standard InChI is InChI=1S/C21H25Cl2NO2/c1-6-18-13(3)19(22)14(4)20(23)21(18)24-12(2)11-16-7-9-17(10-8-16)26-15(5)25/h7-10,12,24H,6,11H2,1-5H3. The Kier molecular flexibility index (Phi) is 6.96.